The Hall–Kier alpha value is -2.60. The first kappa shape index (κ1) is 20.7. The van der Waals surface area contributed by atoms with Crippen LogP contribution in [0.15, 0.2) is 30.3 Å². The van der Waals surface area contributed by atoms with E-state index in [2.05, 4.69) is 5.32 Å². The van der Waals surface area contributed by atoms with Gasteiger partial charge >= 0.3 is 0 Å². The minimum absolute atomic E-state index is 0.251. The minimum atomic E-state index is -0.251. The van der Waals surface area contributed by atoms with Gasteiger partial charge in [0.1, 0.15) is 5.75 Å². The lowest BCUT2D eigenvalue weighted by atomic mass is 10.1. The van der Waals surface area contributed by atoms with Crippen LogP contribution in [0.3, 0.4) is 0 Å². The predicted octanol–water partition coefficient (Wildman–Crippen LogP) is 3.70. The molecular formula is C20H25ClN2O4. The van der Waals surface area contributed by atoms with Gasteiger partial charge in [-0.1, -0.05) is 17.7 Å². The maximum Gasteiger partial charge on any atom is 0.255 e. The molecule has 0 aliphatic carbocycles. The van der Waals surface area contributed by atoms with Crippen LogP contribution in [0, 0.1) is 0 Å². The van der Waals surface area contributed by atoms with E-state index in [0.29, 0.717) is 40.9 Å². The van der Waals surface area contributed by atoms with Crippen molar-refractivity contribution in [2.24, 2.45) is 0 Å². The summed E-state index contributed by atoms with van der Waals surface area (Å²) < 4.78 is 16.1. The zero-order valence-corrected chi connectivity index (χ0v) is 16.6. The van der Waals surface area contributed by atoms with Crippen molar-refractivity contribution in [1.29, 1.82) is 0 Å². The van der Waals surface area contributed by atoms with Crippen molar-refractivity contribution in [1.82, 2.24) is 5.32 Å². The number of hydrogen-bond donors (Lipinski definition) is 2. The number of hydrogen-bond acceptors (Lipinski definition) is 5. The van der Waals surface area contributed by atoms with Crippen LogP contribution in [0.2, 0.25) is 5.02 Å². The van der Waals surface area contributed by atoms with E-state index in [1.165, 1.54) is 13.2 Å². The van der Waals surface area contributed by atoms with Crippen LogP contribution < -0.4 is 25.3 Å². The van der Waals surface area contributed by atoms with Crippen molar-refractivity contribution in [2.45, 2.75) is 19.8 Å². The molecule has 0 aliphatic heterocycles. The number of carbonyl (C=O) groups is 1. The van der Waals surface area contributed by atoms with Crippen molar-refractivity contribution in [2.75, 3.05) is 33.1 Å². The van der Waals surface area contributed by atoms with E-state index in [-0.39, 0.29) is 5.91 Å². The zero-order chi connectivity index (χ0) is 19.8. The summed E-state index contributed by atoms with van der Waals surface area (Å²) in [6, 6.07) is 8.91. The maximum atomic E-state index is 12.4. The summed E-state index contributed by atoms with van der Waals surface area (Å²) in [5, 5.41) is 3.20. The Labute approximate surface area is 164 Å². The number of methoxy groups -OCH3 is 2. The molecule has 0 heterocycles. The van der Waals surface area contributed by atoms with Crippen LogP contribution in [-0.4, -0.2) is 33.3 Å². The maximum absolute atomic E-state index is 12.4. The molecule has 0 spiro atoms. The lowest BCUT2D eigenvalue weighted by molar-refractivity contribution is 0.0950. The van der Waals surface area contributed by atoms with Crippen molar-refractivity contribution >= 4 is 23.2 Å². The number of nitrogens with one attached hydrogen (secondary N) is 1. The molecule has 2 aromatic carbocycles. The number of halogens is 1. The molecule has 2 aromatic rings. The molecule has 3 N–H and O–H groups in total. The Kier molecular flexibility index (Phi) is 7.61. The summed E-state index contributed by atoms with van der Waals surface area (Å²) in [5.41, 5.74) is 7.59. The van der Waals surface area contributed by atoms with Gasteiger partial charge < -0.3 is 25.3 Å². The molecule has 0 unspecified atom stereocenters. The third-order valence-electron chi connectivity index (χ3n) is 4.02. The number of ether oxygens (including phenoxy) is 3. The van der Waals surface area contributed by atoms with Crippen LogP contribution in [0.25, 0.3) is 0 Å². The molecule has 0 radical (unpaired) electrons. The Morgan fingerprint density at radius 1 is 1.11 bits per heavy atom. The van der Waals surface area contributed by atoms with Crippen LogP contribution in [-0.2, 0) is 6.42 Å². The van der Waals surface area contributed by atoms with Gasteiger partial charge in [-0.3, -0.25) is 4.79 Å². The van der Waals surface area contributed by atoms with E-state index < -0.39 is 0 Å². The first-order chi connectivity index (χ1) is 13.0. The minimum Gasteiger partial charge on any atom is -0.496 e. The van der Waals surface area contributed by atoms with E-state index in [1.807, 2.05) is 25.1 Å². The molecule has 1 amide bonds. The Morgan fingerprint density at radius 2 is 1.85 bits per heavy atom. The van der Waals surface area contributed by atoms with Gasteiger partial charge in [-0.25, -0.2) is 0 Å². The van der Waals surface area contributed by atoms with E-state index in [1.54, 1.807) is 13.2 Å². The standard InChI is InChI=1S/C20H25ClN2O4/c1-4-27-19-10-13(7-8-17(19)25-2)6-5-9-23-20(24)14-11-15(21)16(22)12-18(14)26-3/h7-8,10-12H,4-6,9,22H2,1-3H3,(H,23,24). The first-order valence-corrected chi connectivity index (χ1v) is 9.08. The molecule has 7 heteroatoms. The number of aryl methyl sites for hydroxylation is 1. The number of nitrogens with two attached hydrogens (primary N) is 1. The summed E-state index contributed by atoms with van der Waals surface area (Å²) in [4.78, 5) is 12.4. The summed E-state index contributed by atoms with van der Waals surface area (Å²) in [7, 11) is 3.10. The fraction of sp³-hybridized carbons (Fsp3) is 0.350. The van der Waals surface area contributed by atoms with Gasteiger partial charge in [-0.2, -0.15) is 0 Å². The van der Waals surface area contributed by atoms with E-state index in [0.717, 1.165) is 24.2 Å². The van der Waals surface area contributed by atoms with E-state index >= 15 is 0 Å². The van der Waals surface area contributed by atoms with Crippen molar-refractivity contribution in [3.05, 3.63) is 46.5 Å². The second kappa shape index (κ2) is 9.92. The molecule has 0 saturated heterocycles. The van der Waals surface area contributed by atoms with E-state index in [9.17, 15) is 4.79 Å². The zero-order valence-electron chi connectivity index (χ0n) is 15.8. The number of amides is 1. The fourth-order valence-electron chi connectivity index (χ4n) is 2.65. The Balaban J connectivity index is 1.93. The van der Waals surface area contributed by atoms with Gasteiger partial charge in [0, 0.05) is 12.6 Å². The topological polar surface area (TPSA) is 82.8 Å². The number of rotatable bonds is 9. The first-order valence-electron chi connectivity index (χ1n) is 8.71. The average molecular weight is 393 g/mol. The van der Waals surface area contributed by atoms with Crippen LogP contribution in [0.4, 0.5) is 5.69 Å². The molecule has 2 rings (SSSR count). The van der Waals surface area contributed by atoms with Gasteiger partial charge in [0.2, 0.25) is 0 Å². The highest BCUT2D eigenvalue weighted by atomic mass is 35.5. The second-order valence-corrected chi connectivity index (χ2v) is 6.26. The molecule has 6 nitrogen and oxygen atoms in total. The number of nitrogen functional groups attached to an aromatic ring is 1. The molecule has 0 aliphatic rings. The highest BCUT2D eigenvalue weighted by molar-refractivity contribution is 6.33. The third kappa shape index (κ3) is 5.44. The predicted molar refractivity (Wildman–Crippen MR) is 107 cm³/mol. The van der Waals surface area contributed by atoms with Crippen molar-refractivity contribution < 1.29 is 19.0 Å². The molecule has 0 saturated carbocycles. The molecule has 0 fully saturated rings. The van der Waals surface area contributed by atoms with E-state index in [4.69, 9.17) is 31.5 Å². The van der Waals surface area contributed by atoms with Gasteiger partial charge in [0.05, 0.1) is 37.1 Å². The normalized spacial score (nSPS) is 10.4. The smallest absolute Gasteiger partial charge is 0.255 e. The summed E-state index contributed by atoms with van der Waals surface area (Å²) in [5.74, 6) is 1.58. The lowest BCUT2D eigenvalue weighted by Gasteiger charge is -2.12. The van der Waals surface area contributed by atoms with Gasteiger partial charge in [0.15, 0.2) is 11.5 Å². The third-order valence-corrected chi connectivity index (χ3v) is 4.35. The SMILES string of the molecule is CCOc1cc(CCCNC(=O)c2cc(Cl)c(N)cc2OC)ccc1OC. The Bertz CT molecular complexity index is 796. The van der Waals surface area contributed by atoms with Gasteiger partial charge in [-0.15, -0.1) is 0 Å². The van der Waals surface area contributed by atoms with Crippen LogP contribution >= 0.6 is 11.6 Å². The highest BCUT2D eigenvalue weighted by Crippen LogP contribution is 2.29. The molecular weight excluding hydrogens is 368 g/mol. The summed E-state index contributed by atoms with van der Waals surface area (Å²) in [6.07, 6.45) is 1.57. The number of benzene rings is 2. The highest BCUT2D eigenvalue weighted by Gasteiger charge is 2.14. The largest absolute Gasteiger partial charge is 0.496 e. The monoisotopic (exact) mass is 392 g/mol. The average Bonchev–Trinajstić information content (AvgIpc) is 2.67. The number of carbonyl (C=O) groups excluding carboxylic acids is 1. The summed E-state index contributed by atoms with van der Waals surface area (Å²) >= 11 is 6.01. The van der Waals surface area contributed by atoms with Crippen molar-refractivity contribution in [3.63, 3.8) is 0 Å². The number of anilines is 1. The molecule has 0 aromatic heterocycles. The second-order valence-electron chi connectivity index (χ2n) is 5.85. The van der Waals surface area contributed by atoms with Crippen LogP contribution in [0.1, 0.15) is 29.3 Å². The molecule has 27 heavy (non-hydrogen) atoms. The van der Waals surface area contributed by atoms with Gasteiger partial charge in [-0.05, 0) is 43.5 Å². The lowest BCUT2D eigenvalue weighted by Crippen LogP contribution is -2.25. The van der Waals surface area contributed by atoms with Crippen LogP contribution in [0.5, 0.6) is 17.2 Å². The molecule has 0 atom stereocenters. The van der Waals surface area contributed by atoms with Gasteiger partial charge in [0.25, 0.3) is 5.91 Å². The molecule has 146 valence electrons. The Morgan fingerprint density at radius 3 is 2.52 bits per heavy atom. The fourth-order valence-corrected chi connectivity index (χ4v) is 2.81. The van der Waals surface area contributed by atoms with Crippen molar-refractivity contribution in [3.8, 4) is 17.2 Å². The molecule has 0 bridgehead atoms. The quantitative estimate of drug-likeness (QED) is 0.502. The summed E-state index contributed by atoms with van der Waals surface area (Å²) in [6.45, 7) is 3.02.